The normalized spacial score (nSPS) is 30.9. The number of carbonyl (C=O) groups is 2. The van der Waals surface area contributed by atoms with E-state index in [0.29, 0.717) is 60.0 Å². The van der Waals surface area contributed by atoms with E-state index in [-0.39, 0.29) is 90.0 Å². The first kappa shape index (κ1) is 68.0. The van der Waals surface area contributed by atoms with E-state index in [1.54, 1.807) is 0 Å². The Balaban J connectivity index is 0.648. The standard InChI is InChI=1S/C62H83N15O16P2/c1-33(2)34(3)9-10-36(5)43-15-16-44-37(8-7-19-62(43,44)6)12-13-38-20-39(14-11-35(38)4)88-49(80)18-17-48(79)85-24-41-22-46(60(90-41)76-31-73-51-54(64)67-28-70-57(51)76)92-95(83,84)87-26-42-23-47(61(91-42)77-32-74-52-55(65)68-29-71-58(52)77)93-94(81,82)86-25-40-21-45(78)59(89-40)75-30-72-50-53(63)66-27-69-56(50)75/h9-10,12-13,27-34,36,39-47,59-61,78H,4,7-8,11,14-26H2,1-3,5-6H3,(H,81,82)(H,83,84)(H2,63,66,69)(H2,64,67,70)(H2,65,68,71)/b10-9+,37-12+,38-13-/t34-,36+,39-,40-,41-,42-,43+,44-,45+,46+,47+,59+,60+,61+,62+/m0/s1. The number of hydrogen-bond acceptors (Lipinski definition) is 26. The fourth-order valence-electron chi connectivity index (χ4n) is 14.4. The molecule has 17 atom stereocenters. The molecule has 3 aliphatic heterocycles. The first-order chi connectivity index (χ1) is 45.4. The molecule has 0 bridgehead atoms. The van der Waals surface area contributed by atoms with Crippen LogP contribution in [0.3, 0.4) is 0 Å². The van der Waals surface area contributed by atoms with Crippen molar-refractivity contribution in [2.75, 3.05) is 37.0 Å². The number of anilines is 3. The number of nitrogens with zero attached hydrogens (tertiary/aromatic N) is 12. The van der Waals surface area contributed by atoms with Crippen LogP contribution in [0.5, 0.6) is 0 Å². The van der Waals surface area contributed by atoms with Gasteiger partial charge in [0.05, 0.1) is 63.3 Å². The van der Waals surface area contributed by atoms with Crippen LogP contribution >= 0.6 is 15.6 Å². The molecule has 12 rings (SSSR count). The predicted molar refractivity (Wildman–Crippen MR) is 342 cm³/mol. The highest BCUT2D eigenvalue weighted by molar-refractivity contribution is 7.47. The lowest BCUT2D eigenvalue weighted by molar-refractivity contribution is -0.155. The van der Waals surface area contributed by atoms with E-state index in [4.69, 9.17) is 59.0 Å². The maximum absolute atomic E-state index is 14.1. The van der Waals surface area contributed by atoms with Crippen molar-refractivity contribution in [3.05, 3.63) is 85.6 Å². The van der Waals surface area contributed by atoms with Crippen molar-refractivity contribution in [3.63, 3.8) is 0 Å². The van der Waals surface area contributed by atoms with Crippen LogP contribution in [0.1, 0.15) is 137 Å². The van der Waals surface area contributed by atoms with E-state index >= 15 is 0 Å². The summed E-state index contributed by atoms with van der Waals surface area (Å²) in [6.45, 7) is 14.6. The van der Waals surface area contributed by atoms with Crippen molar-refractivity contribution in [3.8, 4) is 0 Å². The highest BCUT2D eigenvalue weighted by Gasteiger charge is 2.51. The summed E-state index contributed by atoms with van der Waals surface area (Å²) < 4.78 is 84.9. The molecule has 9 N–H and O–H groups in total. The number of aliphatic hydroxyl groups is 1. The minimum absolute atomic E-state index is 0.0113. The van der Waals surface area contributed by atoms with Gasteiger partial charge in [-0.2, -0.15) is 0 Å². The molecule has 31 nitrogen and oxygen atoms in total. The average molecular weight is 1360 g/mol. The number of fused-ring (bicyclic) bond motifs is 4. The Morgan fingerprint density at radius 2 is 1.20 bits per heavy atom. The van der Waals surface area contributed by atoms with Gasteiger partial charge in [-0.3, -0.25) is 41.4 Å². The number of carbonyl (C=O) groups excluding carboxylic acids is 2. The van der Waals surface area contributed by atoms with Crippen LogP contribution in [0, 0.1) is 35.0 Å². The molecule has 6 aliphatic rings. The fourth-order valence-corrected chi connectivity index (χ4v) is 16.3. The summed E-state index contributed by atoms with van der Waals surface area (Å²) in [7, 11) is -10.1. The number of nitrogen functional groups attached to an aromatic ring is 3. The molecule has 2 unspecified atom stereocenters. The van der Waals surface area contributed by atoms with Gasteiger partial charge in [-0.25, -0.2) is 54.0 Å². The molecule has 9 heterocycles. The monoisotopic (exact) mass is 1360 g/mol. The average Bonchev–Trinajstić information content (AvgIpc) is 1.66. The molecule has 3 saturated heterocycles. The summed E-state index contributed by atoms with van der Waals surface area (Å²) in [5, 5.41) is 11.0. The smallest absolute Gasteiger partial charge is 0.463 e. The van der Waals surface area contributed by atoms with E-state index in [9.17, 15) is 33.6 Å². The zero-order chi connectivity index (χ0) is 67.1. The Hall–Kier alpha value is -6.99. The maximum Gasteiger partial charge on any atom is 0.472 e. The largest absolute Gasteiger partial charge is 0.472 e. The number of aromatic nitrogens is 12. The van der Waals surface area contributed by atoms with Gasteiger partial charge in [0.1, 0.15) is 66.6 Å². The lowest BCUT2D eigenvalue weighted by Crippen LogP contribution is -2.35. The van der Waals surface area contributed by atoms with Crippen LogP contribution in [0.25, 0.3) is 33.5 Å². The molecule has 512 valence electrons. The van der Waals surface area contributed by atoms with Gasteiger partial charge in [-0.1, -0.05) is 76.6 Å². The van der Waals surface area contributed by atoms with E-state index in [0.717, 1.165) is 17.6 Å². The molecular weight excluding hydrogens is 1270 g/mol. The second-order valence-electron chi connectivity index (χ2n) is 26.3. The van der Waals surface area contributed by atoms with Crippen LogP contribution in [-0.2, 0) is 60.5 Å². The Morgan fingerprint density at radius 1 is 0.684 bits per heavy atom. The molecular formula is C62H83N15O16P2. The second-order valence-corrected chi connectivity index (χ2v) is 29.1. The molecule has 0 amide bonds. The Kier molecular flexibility index (Phi) is 20.2. The summed E-state index contributed by atoms with van der Waals surface area (Å²) in [6, 6.07) is 0. The SMILES string of the molecule is C=C1CC[C@H](OC(=O)CCC(=O)OC[C@@H]2C[C@@H](OP(=O)(O)OC[C@@H]3C[C@@H](OP(=O)(O)OC[C@@H]4C[C@@H](O)[C@H](n5cnc6c(N)ncnc65)O4)[C@H](n4cnc5c(N)ncnc54)O3)[C@H](n3cnc4c(N)ncnc43)O2)C/C1=C/C=C1\CCC[C@]2(C)[C@@H]([C@H](C)/C=C/[C@H](C)C(C)C)CC[C@@H]12. The highest BCUT2D eigenvalue weighted by atomic mass is 31.2. The predicted octanol–water partition coefficient (Wildman–Crippen LogP) is 8.01. The third-order valence-corrected chi connectivity index (χ3v) is 21.7. The van der Waals surface area contributed by atoms with Crippen LogP contribution in [0.15, 0.2) is 85.6 Å². The number of hydrogen-bond donors (Lipinski definition) is 6. The number of esters is 2. The van der Waals surface area contributed by atoms with Crippen molar-refractivity contribution in [1.82, 2.24) is 58.6 Å². The lowest BCUT2D eigenvalue weighted by atomic mass is 9.61. The second kappa shape index (κ2) is 28.2. The Labute approximate surface area is 547 Å². The molecule has 6 fully saturated rings. The molecule has 33 heteroatoms. The zero-order valence-electron chi connectivity index (χ0n) is 53.6. The summed E-state index contributed by atoms with van der Waals surface area (Å²) in [4.78, 5) is 86.7. The third kappa shape index (κ3) is 15.0. The number of allylic oxidation sites excluding steroid dienone is 6. The molecule has 0 spiro atoms. The van der Waals surface area contributed by atoms with Gasteiger partial charge in [0.15, 0.2) is 53.1 Å². The maximum atomic E-state index is 14.1. The summed E-state index contributed by atoms with van der Waals surface area (Å²) in [5.41, 5.74) is 23.3. The summed E-state index contributed by atoms with van der Waals surface area (Å²) in [6.07, 6.45) is 13.4. The molecule has 6 aromatic rings. The van der Waals surface area contributed by atoms with Crippen molar-refractivity contribution >= 4 is 78.5 Å². The Bertz CT molecular complexity index is 4010. The molecule has 6 aromatic heterocycles. The van der Waals surface area contributed by atoms with E-state index < -0.39 is 96.1 Å². The number of phosphoric acid groups is 2. The molecule has 0 radical (unpaired) electrons. The first-order valence-corrected chi connectivity index (χ1v) is 35.3. The third-order valence-electron chi connectivity index (χ3n) is 19.7. The first-order valence-electron chi connectivity index (χ1n) is 32.3. The topological polar surface area (TPSA) is 421 Å². The van der Waals surface area contributed by atoms with Crippen LogP contribution in [-0.4, -0.2) is 148 Å². The van der Waals surface area contributed by atoms with Gasteiger partial charge in [0.2, 0.25) is 0 Å². The van der Waals surface area contributed by atoms with Crippen LogP contribution in [0.2, 0.25) is 0 Å². The number of nitrogens with two attached hydrogens (primary N) is 3. The Morgan fingerprint density at radius 3 is 1.76 bits per heavy atom. The van der Waals surface area contributed by atoms with Gasteiger partial charge in [0.25, 0.3) is 0 Å². The quantitative estimate of drug-likeness (QED) is 0.0190. The number of imidazole rings is 3. The number of aliphatic hydroxyl groups excluding tert-OH is 1. The van der Waals surface area contributed by atoms with Crippen molar-refractivity contribution in [2.24, 2.45) is 35.0 Å². The van der Waals surface area contributed by atoms with E-state index in [1.807, 2.05) is 0 Å². The van der Waals surface area contributed by atoms with Crippen molar-refractivity contribution < 1.29 is 75.4 Å². The number of rotatable bonds is 24. The summed E-state index contributed by atoms with van der Waals surface area (Å²) in [5.74, 6) is 1.82. The molecule has 95 heavy (non-hydrogen) atoms. The fraction of sp³-hybridized carbons (Fsp3) is 0.597. The van der Waals surface area contributed by atoms with E-state index in [1.165, 1.54) is 82.9 Å². The minimum Gasteiger partial charge on any atom is -0.463 e. The van der Waals surface area contributed by atoms with Crippen LogP contribution < -0.4 is 17.2 Å². The van der Waals surface area contributed by atoms with Crippen LogP contribution in [0.4, 0.5) is 17.5 Å². The molecule has 0 aromatic carbocycles. The number of ether oxygens (including phenoxy) is 5. The van der Waals surface area contributed by atoms with Gasteiger partial charge in [0, 0.05) is 25.7 Å². The van der Waals surface area contributed by atoms with Crippen molar-refractivity contribution in [2.45, 2.75) is 180 Å². The molecule has 3 saturated carbocycles. The van der Waals surface area contributed by atoms with Gasteiger partial charge in [-0.15, -0.1) is 0 Å². The van der Waals surface area contributed by atoms with Gasteiger partial charge in [-0.05, 0) is 85.5 Å². The van der Waals surface area contributed by atoms with Crippen molar-refractivity contribution in [1.29, 1.82) is 0 Å². The summed E-state index contributed by atoms with van der Waals surface area (Å²) >= 11 is 0. The number of phosphoric ester groups is 2. The van der Waals surface area contributed by atoms with Gasteiger partial charge < -0.3 is 55.8 Å². The zero-order valence-corrected chi connectivity index (χ0v) is 55.4. The lowest BCUT2D eigenvalue weighted by Gasteiger charge is -2.44. The van der Waals surface area contributed by atoms with Gasteiger partial charge >= 0.3 is 27.6 Å². The van der Waals surface area contributed by atoms with E-state index in [2.05, 4.69) is 110 Å². The molecule has 3 aliphatic carbocycles. The minimum atomic E-state index is -5.10. The highest BCUT2D eigenvalue weighted by Crippen LogP contribution is 2.60.